The van der Waals surface area contributed by atoms with Crippen LogP contribution < -0.4 is 5.32 Å². The molecule has 0 amide bonds. The molecule has 0 spiro atoms. The fourth-order valence-corrected chi connectivity index (χ4v) is 2.27. The number of ether oxygens (including phenoxy) is 1. The van der Waals surface area contributed by atoms with Crippen molar-refractivity contribution in [3.05, 3.63) is 0 Å². The third-order valence-electron chi connectivity index (χ3n) is 3.18. The van der Waals surface area contributed by atoms with E-state index in [1.807, 2.05) is 6.92 Å². The summed E-state index contributed by atoms with van der Waals surface area (Å²) in [5, 5.41) is 3.65. The van der Waals surface area contributed by atoms with Gasteiger partial charge in [-0.15, -0.1) is 11.8 Å². The molecule has 1 N–H and O–H groups in total. The summed E-state index contributed by atoms with van der Waals surface area (Å²) in [6.45, 7) is 7.12. The van der Waals surface area contributed by atoms with Gasteiger partial charge in [-0.3, -0.25) is 0 Å². The minimum Gasteiger partial charge on any atom is -0.381 e. The van der Waals surface area contributed by atoms with Gasteiger partial charge in [0.1, 0.15) is 0 Å². The lowest BCUT2D eigenvalue weighted by Gasteiger charge is -2.30. The van der Waals surface area contributed by atoms with Crippen LogP contribution in [0.1, 0.15) is 46.0 Å². The van der Waals surface area contributed by atoms with Gasteiger partial charge in [-0.05, 0) is 45.1 Å². The van der Waals surface area contributed by atoms with Gasteiger partial charge in [0.2, 0.25) is 0 Å². The van der Waals surface area contributed by atoms with Crippen LogP contribution in [0, 0.1) is 17.8 Å². The molecule has 0 aromatic carbocycles. The first-order chi connectivity index (χ1) is 7.88. The van der Waals surface area contributed by atoms with Crippen LogP contribution in [-0.2, 0) is 4.74 Å². The molecule has 0 aliphatic carbocycles. The second kappa shape index (κ2) is 8.61. The second-order valence-electron chi connectivity index (χ2n) is 4.50. The van der Waals surface area contributed by atoms with E-state index in [4.69, 9.17) is 4.74 Å². The van der Waals surface area contributed by atoms with E-state index in [1.54, 1.807) is 0 Å². The molecule has 1 aliphatic heterocycles. The van der Waals surface area contributed by atoms with Crippen LogP contribution in [-0.4, -0.2) is 25.8 Å². The molecule has 1 heterocycles. The predicted octanol–water partition coefficient (Wildman–Crippen LogP) is 2.58. The van der Waals surface area contributed by atoms with E-state index in [9.17, 15) is 0 Å². The van der Waals surface area contributed by atoms with Gasteiger partial charge in [0, 0.05) is 19.1 Å². The van der Waals surface area contributed by atoms with Crippen LogP contribution in [0.15, 0.2) is 0 Å². The minimum absolute atomic E-state index is 0.598. The van der Waals surface area contributed by atoms with Crippen LogP contribution >= 0.6 is 0 Å². The van der Waals surface area contributed by atoms with Crippen molar-refractivity contribution < 1.29 is 4.74 Å². The van der Waals surface area contributed by atoms with Crippen LogP contribution in [0.5, 0.6) is 0 Å². The molecule has 1 rings (SSSR count). The normalized spacial score (nSPS) is 22.2. The van der Waals surface area contributed by atoms with Crippen molar-refractivity contribution in [1.29, 1.82) is 0 Å². The van der Waals surface area contributed by atoms with Gasteiger partial charge >= 0.3 is 0 Å². The molecule has 92 valence electrons. The number of hydrogen-bond donors (Lipinski definition) is 1. The van der Waals surface area contributed by atoms with Gasteiger partial charge in [0.25, 0.3) is 0 Å². The Bertz CT molecular complexity index is 223. The quantitative estimate of drug-likeness (QED) is 0.699. The van der Waals surface area contributed by atoms with Gasteiger partial charge in [-0.25, -0.2) is 0 Å². The van der Waals surface area contributed by atoms with E-state index in [2.05, 4.69) is 24.1 Å². The maximum absolute atomic E-state index is 5.57. The smallest absolute Gasteiger partial charge is 0.0509 e. The highest BCUT2D eigenvalue weighted by molar-refractivity contribution is 4.96. The molecule has 2 nitrogen and oxygen atoms in total. The molecule has 2 unspecified atom stereocenters. The maximum atomic E-state index is 5.57. The Kier molecular flexibility index (Phi) is 7.29. The summed E-state index contributed by atoms with van der Waals surface area (Å²) in [6, 6.07) is 0.598. The lowest BCUT2D eigenvalue weighted by Crippen LogP contribution is -2.40. The van der Waals surface area contributed by atoms with Crippen molar-refractivity contribution in [2.75, 3.05) is 19.8 Å². The molecule has 0 bridgehead atoms. The van der Waals surface area contributed by atoms with Crippen LogP contribution in [0.2, 0.25) is 0 Å². The molecular weight excluding hydrogens is 198 g/mol. The zero-order chi connectivity index (χ0) is 11.6. The van der Waals surface area contributed by atoms with Gasteiger partial charge in [-0.2, -0.15) is 0 Å². The van der Waals surface area contributed by atoms with E-state index < -0.39 is 0 Å². The molecule has 1 fully saturated rings. The van der Waals surface area contributed by atoms with Gasteiger partial charge in [0.15, 0.2) is 0 Å². The molecule has 0 radical (unpaired) electrons. The minimum atomic E-state index is 0.598. The molecule has 1 saturated heterocycles. The molecule has 16 heavy (non-hydrogen) atoms. The first-order valence-electron chi connectivity index (χ1n) is 6.59. The van der Waals surface area contributed by atoms with E-state index in [0.29, 0.717) is 12.0 Å². The Morgan fingerprint density at radius 2 is 2.38 bits per heavy atom. The Morgan fingerprint density at radius 3 is 3.00 bits per heavy atom. The van der Waals surface area contributed by atoms with Crippen LogP contribution in [0.3, 0.4) is 0 Å². The van der Waals surface area contributed by atoms with E-state index in [-0.39, 0.29) is 0 Å². The summed E-state index contributed by atoms with van der Waals surface area (Å²) in [4.78, 5) is 0. The Balaban J connectivity index is 2.36. The highest BCUT2D eigenvalue weighted by Crippen LogP contribution is 2.20. The number of hydrogen-bond acceptors (Lipinski definition) is 2. The van der Waals surface area contributed by atoms with E-state index in [0.717, 1.165) is 32.6 Å². The first kappa shape index (κ1) is 13.5. The highest BCUT2D eigenvalue weighted by Gasteiger charge is 2.22. The monoisotopic (exact) mass is 223 g/mol. The van der Waals surface area contributed by atoms with Crippen molar-refractivity contribution in [2.45, 2.75) is 52.0 Å². The number of rotatable bonds is 6. The summed E-state index contributed by atoms with van der Waals surface area (Å²) < 4.78 is 5.57. The van der Waals surface area contributed by atoms with Crippen molar-refractivity contribution in [2.24, 2.45) is 5.92 Å². The predicted molar refractivity (Wildman–Crippen MR) is 68.3 cm³/mol. The molecule has 2 heteroatoms. The zero-order valence-corrected chi connectivity index (χ0v) is 10.7. The molecule has 2 atom stereocenters. The molecular formula is C14H25NO. The van der Waals surface area contributed by atoms with Crippen molar-refractivity contribution >= 4 is 0 Å². The van der Waals surface area contributed by atoms with Gasteiger partial charge in [0.05, 0.1) is 6.61 Å². The first-order valence-corrected chi connectivity index (χ1v) is 6.59. The van der Waals surface area contributed by atoms with Crippen LogP contribution in [0.25, 0.3) is 0 Å². The molecule has 0 aromatic rings. The standard InChI is InChI=1S/C14H25NO/c1-3-5-6-9-14(15-10-4-2)13-8-7-11-16-12-13/h13-15H,4,6-12H2,1-2H3. The lowest BCUT2D eigenvalue weighted by molar-refractivity contribution is 0.0382. The highest BCUT2D eigenvalue weighted by atomic mass is 16.5. The third-order valence-corrected chi connectivity index (χ3v) is 3.18. The molecule has 0 aromatic heterocycles. The molecule has 1 aliphatic rings. The maximum Gasteiger partial charge on any atom is 0.0509 e. The SMILES string of the molecule is CC#CCCC(NCCC)C1CCCOC1. The summed E-state index contributed by atoms with van der Waals surface area (Å²) in [5.74, 6) is 6.83. The fraction of sp³-hybridized carbons (Fsp3) is 0.857. The summed E-state index contributed by atoms with van der Waals surface area (Å²) in [6.07, 6.45) is 5.89. The molecule has 0 saturated carbocycles. The van der Waals surface area contributed by atoms with Crippen molar-refractivity contribution in [1.82, 2.24) is 5.32 Å². The summed E-state index contributed by atoms with van der Waals surface area (Å²) in [7, 11) is 0. The van der Waals surface area contributed by atoms with Crippen LogP contribution in [0.4, 0.5) is 0 Å². The lowest BCUT2D eigenvalue weighted by atomic mass is 9.90. The van der Waals surface area contributed by atoms with Gasteiger partial charge in [-0.1, -0.05) is 6.92 Å². The average Bonchev–Trinajstić information content (AvgIpc) is 2.35. The largest absolute Gasteiger partial charge is 0.381 e. The topological polar surface area (TPSA) is 21.3 Å². The average molecular weight is 223 g/mol. The summed E-state index contributed by atoms with van der Waals surface area (Å²) >= 11 is 0. The number of nitrogens with one attached hydrogen (secondary N) is 1. The fourth-order valence-electron chi connectivity index (χ4n) is 2.27. The van der Waals surface area contributed by atoms with E-state index in [1.165, 1.54) is 19.3 Å². The Hall–Kier alpha value is -0.520. The van der Waals surface area contributed by atoms with E-state index >= 15 is 0 Å². The van der Waals surface area contributed by atoms with Gasteiger partial charge < -0.3 is 10.1 Å². The van der Waals surface area contributed by atoms with Crippen molar-refractivity contribution in [3.8, 4) is 11.8 Å². The second-order valence-corrected chi connectivity index (χ2v) is 4.50. The summed E-state index contributed by atoms with van der Waals surface area (Å²) in [5.41, 5.74) is 0. The Morgan fingerprint density at radius 1 is 1.50 bits per heavy atom. The third kappa shape index (κ3) is 5.01. The van der Waals surface area contributed by atoms with Crippen molar-refractivity contribution in [3.63, 3.8) is 0 Å². The Labute approximate surface area is 100 Å². The zero-order valence-electron chi connectivity index (χ0n) is 10.7.